The number of carbonyl (C=O) groups excluding carboxylic acids is 3. The minimum atomic E-state index is -0.930. The summed E-state index contributed by atoms with van der Waals surface area (Å²) >= 11 is 0. The van der Waals surface area contributed by atoms with Crippen molar-refractivity contribution in [1.29, 1.82) is 0 Å². The normalized spacial score (nSPS) is 26.1. The van der Waals surface area contributed by atoms with Crippen LogP contribution >= 0.6 is 0 Å². The van der Waals surface area contributed by atoms with Crippen LogP contribution in [0.5, 0.6) is 11.5 Å². The first-order valence-electron chi connectivity index (χ1n) is 13.7. The van der Waals surface area contributed by atoms with E-state index in [-0.39, 0.29) is 41.7 Å². The number of nitrogens with zero attached hydrogens (tertiary/aromatic N) is 1. The maximum Gasteiger partial charge on any atom is 0.246 e. The first-order valence-corrected chi connectivity index (χ1v) is 13.7. The molecule has 9 nitrogen and oxygen atoms in total. The van der Waals surface area contributed by atoms with Gasteiger partial charge in [0.15, 0.2) is 11.5 Å². The lowest BCUT2D eigenvalue weighted by Gasteiger charge is -2.36. The highest BCUT2D eigenvalue weighted by molar-refractivity contribution is 5.95. The number of nitrogens with one attached hydrogen (secondary N) is 3. The number of carbonyl (C=O) groups is 3. The third-order valence-corrected chi connectivity index (χ3v) is 8.72. The van der Waals surface area contributed by atoms with Gasteiger partial charge in [0.25, 0.3) is 0 Å². The Bertz CT molecular complexity index is 1310. The van der Waals surface area contributed by atoms with Gasteiger partial charge in [0, 0.05) is 6.42 Å². The van der Waals surface area contributed by atoms with E-state index in [1.807, 2.05) is 26.0 Å². The lowest BCUT2D eigenvalue weighted by molar-refractivity contribution is -0.145. The quantitative estimate of drug-likeness (QED) is 0.375. The van der Waals surface area contributed by atoms with Crippen molar-refractivity contribution in [2.24, 2.45) is 5.41 Å². The molecule has 2 aromatic carbocycles. The molecule has 5 N–H and O–H groups in total. The molecular formula is C30H38N4O5. The Balaban J connectivity index is 1.53. The number of hydrogen-bond donors (Lipinski definition) is 5. The van der Waals surface area contributed by atoms with E-state index >= 15 is 0 Å². The van der Waals surface area contributed by atoms with Gasteiger partial charge in [-0.25, -0.2) is 0 Å². The third-order valence-electron chi connectivity index (χ3n) is 8.72. The number of aryl methyl sites for hydroxylation is 1. The second-order valence-electron chi connectivity index (χ2n) is 11.8. The van der Waals surface area contributed by atoms with Crippen LogP contribution in [0.2, 0.25) is 0 Å². The fourth-order valence-electron chi connectivity index (χ4n) is 6.59. The van der Waals surface area contributed by atoms with Crippen LogP contribution in [0.4, 0.5) is 0 Å². The largest absolute Gasteiger partial charge is 0.504 e. The monoisotopic (exact) mass is 534 g/mol. The van der Waals surface area contributed by atoms with E-state index in [9.17, 15) is 24.6 Å². The second-order valence-corrected chi connectivity index (χ2v) is 11.8. The highest BCUT2D eigenvalue weighted by atomic mass is 16.3. The molecule has 0 radical (unpaired) electrons. The van der Waals surface area contributed by atoms with Crippen molar-refractivity contribution in [3.05, 3.63) is 58.7 Å². The predicted molar refractivity (Wildman–Crippen MR) is 146 cm³/mol. The molecule has 5 rings (SSSR count). The Labute approximate surface area is 229 Å². The van der Waals surface area contributed by atoms with Crippen molar-refractivity contribution in [2.75, 3.05) is 7.05 Å². The van der Waals surface area contributed by atoms with Gasteiger partial charge in [-0.1, -0.05) is 38.1 Å². The van der Waals surface area contributed by atoms with Crippen LogP contribution in [-0.2, 0) is 27.2 Å². The average molecular weight is 535 g/mol. The molecule has 1 saturated heterocycles. The van der Waals surface area contributed by atoms with Gasteiger partial charge in [-0.05, 0) is 79.5 Å². The molecule has 9 heteroatoms. The zero-order valence-corrected chi connectivity index (χ0v) is 23.0. The first-order chi connectivity index (χ1) is 18.5. The summed E-state index contributed by atoms with van der Waals surface area (Å²) < 4.78 is 0. The number of fused-ring (bicyclic) bond motifs is 4. The number of hydrogen-bond acceptors (Lipinski definition) is 6. The number of amides is 3. The summed E-state index contributed by atoms with van der Waals surface area (Å²) in [6.07, 6.45) is 3.40. The van der Waals surface area contributed by atoms with Gasteiger partial charge in [-0.15, -0.1) is 0 Å². The van der Waals surface area contributed by atoms with Crippen LogP contribution in [0.25, 0.3) is 0 Å². The van der Waals surface area contributed by atoms with Gasteiger partial charge in [-0.3, -0.25) is 14.4 Å². The van der Waals surface area contributed by atoms with Crippen LogP contribution in [0.1, 0.15) is 74.4 Å². The number of phenols is 2. The standard InChI is InChI=1S/C30H38N4O5/c1-16(31-4)27(37)33-22-12-18-13-24(35)25(36)14-20(18)23-15-30(2,3)26(34(23)29(22)39)28(38)32-21-11-7-9-17-8-5-6-10-19(17)21/h5-6,8,10,13-14,16,21-23,26,31,35-36H,7,9,11-12,15H2,1-4H3,(H,32,38)(H,33,37)/t16-,21+,22-,23?,26?/m0/s1. The zero-order chi connectivity index (χ0) is 28.1. The Hall–Kier alpha value is -3.59. The molecule has 208 valence electrons. The molecule has 0 spiro atoms. The molecule has 5 atom stereocenters. The molecule has 2 heterocycles. The average Bonchev–Trinajstić information content (AvgIpc) is 3.15. The summed E-state index contributed by atoms with van der Waals surface area (Å²) in [7, 11) is 1.66. The minimum Gasteiger partial charge on any atom is -0.504 e. The molecule has 2 aromatic rings. The summed E-state index contributed by atoms with van der Waals surface area (Å²) in [5.74, 6) is -1.47. The van der Waals surface area contributed by atoms with Gasteiger partial charge in [0.1, 0.15) is 12.1 Å². The highest BCUT2D eigenvalue weighted by Crippen LogP contribution is 2.51. The number of aromatic hydroxyl groups is 2. The summed E-state index contributed by atoms with van der Waals surface area (Å²) in [5, 5.41) is 29.6. The molecule has 1 aliphatic carbocycles. The van der Waals surface area contributed by atoms with Gasteiger partial charge in [-0.2, -0.15) is 0 Å². The number of phenolic OH excluding ortho intramolecular Hbond substituents is 2. The molecule has 3 amide bonds. The smallest absolute Gasteiger partial charge is 0.246 e. The molecule has 39 heavy (non-hydrogen) atoms. The zero-order valence-electron chi connectivity index (χ0n) is 23.0. The highest BCUT2D eigenvalue weighted by Gasteiger charge is 2.55. The first kappa shape index (κ1) is 27.0. The van der Waals surface area contributed by atoms with Crippen molar-refractivity contribution >= 4 is 17.7 Å². The summed E-state index contributed by atoms with van der Waals surface area (Å²) in [6, 6.07) is 8.22. The fourth-order valence-corrected chi connectivity index (χ4v) is 6.59. The SMILES string of the molecule is CN[C@@H](C)C(=O)N[C@H]1Cc2cc(O)c(O)cc2C2CC(C)(C)C(C(=O)N[C@@H]3CCCc4ccccc43)N2C1=O. The second kappa shape index (κ2) is 10.2. The van der Waals surface area contributed by atoms with Crippen molar-refractivity contribution in [2.45, 2.75) is 83.1 Å². The molecule has 0 aromatic heterocycles. The van der Waals surface area contributed by atoms with Crippen LogP contribution in [-0.4, -0.2) is 58.0 Å². The van der Waals surface area contributed by atoms with Crippen molar-refractivity contribution in [3.8, 4) is 11.5 Å². The van der Waals surface area contributed by atoms with Crippen molar-refractivity contribution < 1.29 is 24.6 Å². The predicted octanol–water partition coefficient (Wildman–Crippen LogP) is 2.61. The van der Waals surface area contributed by atoms with E-state index in [0.29, 0.717) is 17.5 Å². The maximum atomic E-state index is 14.2. The van der Waals surface area contributed by atoms with Gasteiger partial charge < -0.3 is 31.1 Å². The van der Waals surface area contributed by atoms with E-state index in [2.05, 4.69) is 28.1 Å². The van der Waals surface area contributed by atoms with Crippen LogP contribution in [0.3, 0.4) is 0 Å². The van der Waals surface area contributed by atoms with Crippen molar-refractivity contribution in [3.63, 3.8) is 0 Å². The Kier molecular flexibility index (Phi) is 7.05. The van der Waals surface area contributed by atoms with E-state index < -0.39 is 29.6 Å². The fraction of sp³-hybridized carbons (Fsp3) is 0.500. The van der Waals surface area contributed by atoms with Crippen LogP contribution < -0.4 is 16.0 Å². The molecule has 0 saturated carbocycles. The Morgan fingerprint density at radius 3 is 2.49 bits per heavy atom. The lowest BCUT2D eigenvalue weighted by Crippen LogP contribution is -2.57. The van der Waals surface area contributed by atoms with Crippen molar-refractivity contribution in [1.82, 2.24) is 20.9 Å². The van der Waals surface area contributed by atoms with Crippen LogP contribution in [0.15, 0.2) is 36.4 Å². The lowest BCUT2D eigenvalue weighted by atomic mass is 9.80. The molecular weight excluding hydrogens is 496 g/mol. The van der Waals surface area contributed by atoms with E-state index in [4.69, 9.17) is 0 Å². The topological polar surface area (TPSA) is 131 Å². The van der Waals surface area contributed by atoms with Gasteiger partial charge in [0.05, 0.1) is 18.1 Å². The molecule has 3 aliphatic rings. The Morgan fingerprint density at radius 1 is 1.03 bits per heavy atom. The number of rotatable bonds is 5. The van der Waals surface area contributed by atoms with Gasteiger partial charge in [0.2, 0.25) is 17.7 Å². The van der Waals surface area contributed by atoms with E-state index in [0.717, 1.165) is 24.8 Å². The van der Waals surface area contributed by atoms with Gasteiger partial charge >= 0.3 is 0 Å². The molecule has 2 aliphatic heterocycles. The number of likely N-dealkylation sites (N-methyl/N-ethyl adjacent to an activating group) is 1. The molecule has 2 unspecified atom stereocenters. The molecule has 1 fully saturated rings. The maximum absolute atomic E-state index is 14.2. The van der Waals surface area contributed by atoms with Crippen LogP contribution in [0, 0.1) is 5.41 Å². The minimum absolute atomic E-state index is 0.139. The third kappa shape index (κ3) is 4.84. The summed E-state index contributed by atoms with van der Waals surface area (Å²) in [4.78, 5) is 42.7. The number of benzene rings is 2. The summed E-state index contributed by atoms with van der Waals surface area (Å²) in [6.45, 7) is 5.66. The summed E-state index contributed by atoms with van der Waals surface area (Å²) in [5.41, 5.74) is 3.10. The Morgan fingerprint density at radius 2 is 1.74 bits per heavy atom. The molecule has 0 bridgehead atoms. The van der Waals surface area contributed by atoms with E-state index in [1.165, 1.54) is 17.7 Å². The van der Waals surface area contributed by atoms with E-state index in [1.54, 1.807) is 18.9 Å².